The number of nitrogens with one attached hydrogen (secondary N) is 1. The Balaban J connectivity index is 1.63. The number of nitrogens with two attached hydrogens (primary N) is 1. The fourth-order valence-electron chi connectivity index (χ4n) is 3.17. The van der Waals surface area contributed by atoms with E-state index >= 15 is 0 Å². The first-order valence-electron chi connectivity index (χ1n) is 10.1. The quantitative estimate of drug-likeness (QED) is 0.326. The van der Waals surface area contributed by atoms with Crippen LogP contribution in [-0.4, -0.2) is 44.0 Å². The monoisotopic (exact) mass is 445 g/mol. The number of benzene rings is 2. The molecule has 0 fully saturated rings. The number of anilines is 2. The first-order chi connectivity index (χ1) is 15.9. The van der Waals surface area contributed by atoms with Crippen molar-refractivity contribution < 1.29 is 9.42 Å². The Labute approximate surface area is 189 Å². The van der Waals surface area contributed by atoms with Gasteiger partial charge in [0.25, 0.3) is 5.91 Å². The van der Waals surface area contributed by atoms with Crippen LogP contribution >= 0.6 is 0 Å². The minimum atomic E-state index is -0.515. The number of carbonyl (C=O) groups excluding carboxylic acids is 1. The molecular formula is C22H23N9O2. The van der Waals surface area contributed by atoms with Gasteiger partial charge in [-0.25, -0.2) is 10.1 Å². The summed E-state index contributed by atoms with van der Waals surface area (Å²) in [5.41, 5.74) is 12.6. The van der Waals surface area contributed by atoms with Gasteiger partial charge in [-0.05, 0) is 41.9 Å². The zero-order valence-corrected chi connectivity index (χ0v) is 18.4. The van der Waals surface area contributed by atoms with Gasteiger partial charge >= 0.3 is 0 Å². The van der Waals surface area contributed by atoms with E-state index in [1.54, 1.807) is 0 Å². The summed E-state index contributed by atoms with van der Waals surface area (Å²) in [6.07, 6.45) is 0. The van der Waals surface area contributed by atoms with Crippen molar-refractivity contribution in [3.63, 3.8) is 0 Å². The van der Waals surface area contributed by atoms with Crippen LogP contribution in [0, 0.1) is 6.92 Å². The average molecular weight is 445 g/mol. The van der Waals surface area contributed by atoms with Gasteiger partial charge in [-0.1, -0.05) is 53.2 Å². The first kappa shape index (κ1) is 21.7. The van der Waals surface area contributed by atoms with E-state index in [0.29, 0.717) is 11.4 Å². The molecular weight excluding hydrogens is 422 g/mol. The summed E-state index contributed by atoms with van der Waals surface area (Å²) in [5.74, 6) is -0.333. The highest BCUT2D eigenvalue weighted by Gasteiger charge is 2.25. The Morgan fingerprint density at radius 1 is 1.15 bits per heavy atom. The van der Waals surface area contributed by atoms with Crippen LogP contribution < -0.4 is 16.1 Å². The predicted octanol–water partition coefficient (Wildman–Crippen LogP) is 2.33. The van der Waals surface area contributed by atoms with Crippen LogP contribution in [0.3, 0.4) is 0 Å². The van der Waals surface area contributed by atoms with Gasteiger partial charge in [0.05, 0.1) is 18.0 Å². The molecule has 168 valence electrons. The molecule has 33 heavy (non-hydrogen) atoms. The molecule has 2 aromatic carbocycles. The summed E-state index contributed by atoms with van der Waals surface area (Å²) in [4.78, 5) is 14.9. The van der Waals surface area contributed by atoms with Crippen molar-refractivity contribution in [1.29, 1.82) is 0 Å². The van der Waals surface area contributed by atoms with E-state index in [9.17, 15) is 4.79 Å². The maximum absolute atomic E-state index is 13.0. The molecule has 4 aromatic rings. The van der Waals surface area contributed by atoms with Crippen molar-refractivity contribution >= 4 is 23.1 Å². The molecule has 0 spiro atoms. The molecule has 11 nitrogen and oxygen atoms in total. The van der Waals surface area contributed by atoms with Crippen LogP contribution in [0.2, 0.25) is 0 Å². The van der Waals surface area contributed by atoms with Gasteiger partial charge in [0.1, 0.15) is 0 Å². The van der Waals surface area contributed by atoms with Gasteiger partial charge in [0.15, 0.2) is 5.69 Å². The van der Waals surface area contributed by atoms with Crippen molar-refractivity contribution in [3.8, 4) is 5.82 Å². The molecule has 0 bridgehead atoms. The fourth-order valence-corrected chi connectivity index (χ4v) is 3.17. The molecule has 4 rings (SSSR count). The Morgan fingerprint density at radius 3 is 2.55 bits per heavy atom. The summed E-state index contributed by atoms with van der Waals surface area (Å²) < 4.78 is 6.04. The molecule has 0 atom stereocenters. The minimum absolute atomic E-state index is 0.0312. The van der Waals surface area contributed by atoms with Gasteiger partial charge in [-0.2, -0.15) is 9.78 Å². The van der Waals surface area contributed by atoms with Crippen molar-refractivity contribution in [2.24, 2.45) is 5.10 Å². The third-order valence-electron chi connectivity index (χ3n) is 5.05. The maximum atomic E-state index is 13.0. The zero-order valence-electron chi connectivity index (χ0n) is 18.4. The van der Waals surface area contributed by atoms with E-state index in [0.717, 1.165) is 16.8 Å². The molecule has 0 aliphatic carbocycles. The van der Waals surface area contributed by atoms with Crippen LogP contribution in [0.1, 0.15) is 34.2 Å². The summed E-state index contributed by atoms with van der Waals surface area (Å²) in [7, 11) is 1.89. The number of hydrogen-bond acceptors (Lipinski definition) is 9. The third kappa shape index (κ3) is 4.71. The summed E-state index contributed by atoms with van der Waals surface area (Å²) in [6, 6.07) is 17.5. The zero-order chi connectivity index (χ0) is 23.4. The first-order valence-corrected chi connectivity index (χ1v) is 10.1. The topological polar surface area (TPSA) is 140 Å². The third-order valence-corrected chi connectivity index (χ3v) is 5.05. The van der Waals surface area contributed by atoms with Crippen molar-refractivity contribution in [2.75, 3.05) is 17.7 Å². The second-order valence-corrected chi connectivity index (χ2v) is 7.47. The van der Waals surface area contributed by atoms with Crippen LogP contribution in [0.25, 0.3) is 5.82 Å². The van der Waals surface area contributed by atoms with E-state index in [2.05, 4.69) is 31.2 Å². The lowest BCUT2D eigenvalue weighted by Crippen LogP contribution is -2.25. The molecule has 0 aliphatic heterocycles. The number of hydrogen-bond donors (Lipinski definition) is 2. The van der Waals surface area contributed by atoms with E-state index in [1.807, 2.05) is 80.4 Å². The molecule has 2 aromatic heterocycles. The van der Waals surface area contributed by atoms with E-state index < -0.39 is 5.91 Å². The van der Waals surface area contributed by atoms with Crippen LogP contribution in [0.5, 0.6) is 0 Å². The molecule has 1 amide bonds. The highest BCUT2D eigenvalue weighted by molar-refractivity contribution is 6.00. The maximum Gasteiger partial charge on any atom is 0.293 e. The summed E-state index contributed by atoms with van der Waals surface area (Å²) in [6.45, 7) is 4.10. The number of nitrogen functional groups attached to an aromatic ring is 1. The number of aryl methyl sites for hydroxylation is 1. The van der Waals surface area contributed by atoms with Crippen LogP contribution in [-0.2, 0) is 6.54 Å². The predicted molar refractivity (Wildman–Crippen MR) is 123 cm³/mol. The number of amides is 1. The number of nitrogens with zero attached hydrogens (tertiary/aromatic N) is 7. The van der Waals surface area contributed by atoms with Gasteiger partial charge in [0.2, 0.25) is 11.6 Å². The minimum Gasteiger partial charge on any atom is -0.378 e. The largest absolute Gasteiger partial charge is 0.378 e. The molecule has 0 aliphatic rings. The fraction of sp³-hybridized carbons (Fsp3) is 0.182. The van der Waals surface area contributed by atoms with Gasteiger partial charge in [0, 0.05) is 12.7 Å². The van der Waals surface area contributed by atoms with Gasteiger partial charge < -0.3 is 10.6 Å². The Bertz CT molecular complexity index is 1280. The van der Waals surface area contributed by atoms with Crippen molar-refractivity contribution in [2.45, 2.75) is 20.4 Å². The number of hydrazone groups is 1. The average Bonchev–Trinajstić information content (AvgIpc) is 3.43. The Morgan fingerprint density at radius 2 is 1.88 bits per heavy atom. The molecule has 3 N–H and O–H groups in total. The summed E-state index contributed by atoms with van der Waals surface area (Å²) in [5, 5.41) is 19.7. The Kier molecular flexibility index (Phi) is 6.11. The molecule has 11 heteroatoms. The van der Waals surface area contributed by atoms with E-state index in [4.69, 9.17) is 10.4 Å². The highest BCUT2D eigenvalue weighted by Crippen LogP contribution is 2.20. The second-order valence-electron chi connectivity index (χ2n) is 7.47. The molecule has 0 saturated heterocycles. The lowest BCUT2D eigenvalue weighted by Gasteiger charge is -2.19. The SMILES string of the molecule is C/C(=N/NC(=O)c1nnn(-c2nonc2N)c1CN(C)c1ccccc1)c1ccc(C)cc1. The van der Waals surface area contributed by atoms with E-state index in [-0.39, 0.29) is 23.9 Å². The number of aromatic nitrogens is 5. The normalized spacial score (nSPS) is 11.4. The standard InChI is InChI=1S/C22H23N9O2/c1-14-9-11-16(12-10-14)15(2)24-26-22(32)19-18(13-30(3)17-7-5-4-6-8-17)31(29-25-19)21-20(23)27-33-28-21/h4-12H,13H2,1-3H3,(H2,23,27)(H,26,32)/b24-15-. The van der Waals surface area contributed by atoms with Crippen LogP contribution in [0.15, 0.2) is 64.3 Å². The van der Waals surface area contributed by atoms with Crippen molar-refractivity contribution in [3.05, 3.63) is 77.1 Å². The van der Waals surface area contributed by atoms with Crippen molar-refractivity contribution in [1.82, 2.24) is 30.7 Å². The lowest BCUT2D eigenvalue weighted by molar-refractivity contribution is 0.0949. The molecule has 0 saturated carbocycles. The second kappa shape index (κ2) is 9.30. The highest BCUT2D eigenvalue weighted by atomic mass is 16.6. The molecule has 2 heterocycles. The van der Waals surface area contributed by atoms with Crippen LogP contribution in [0.4, 0.5) is 11.5 Å². The number of para-hydroxylation sites is 1. The van der Waals surface area contributed by atoms with E-state index in [1.165, 1.54) is 4.68 Å². The lowest BCUT2D eigenvalue weighted by atomic mass is 10.1. The van der Waals surface area contributed by atoms with Gasteiger partial charge in [-0.3, -0.25) is 4.79 Å². The number of carbonyl (C=O) groups is 1. The smallest absolute Gasteiger partial charge is 0.293 e. The van der Waals surface area contributed by atoms with Gasteiger partial charge in [-0.15, -0.1) is 5.10 Å². The Hall–Kier alpha value is -4.54. The summed E-state index contributed by atoms with van der Waals surface area (Å²) >= 11 is 0. The number of rotatable bonds is 7. The molecule has 0 radical (unpaired) electrons. The molecule has 0 unspecified atom stereocenters.